The smallest absolute Gasteiger partial charge is 0.329 e. The average molecular weight is 281 g/mol. The average Bonchev–Trinajstić information content (AvgIpc) is 2.81. The highest BCUT2D eigenvalue weighted by Crippen LogP contribution is 2.33. The Morgan fingerprint density at radius 2 is 2.10 bits per heavy atom. The van der Waals surface area contributed by atoms with Gasteiger partial charge in [0.05, 0.1) is 0 Å². The van der Waals surface area contributed by atoms with E-state index >= 15 is 0 Å². The highest BCUT2D eigenvalue weighted by Gasteiger charge is 2.48. The van der Waals surface area contributed by atoms with Gasteiger partial charge in [-0.3, -0.25) is 14.6 Å². The number of carbonyl (C=O) groups excluding carboxylic acids is 1. The number of carboxylic acid groups (broad SMARTS) is 1. The van der Waals surface area contributed by atoms with E-state index in [-0.39, 0.29) is 18.7 Å². The number of H-pyrrole nitrogens is 2. The van der Waals surface area contributed by atoms with Crippen LogP contribution >= 0.6 is 0 Å². The van der Waals surface area contributed by atoms with Crippen molar-refractivity contribution in [3.8, 4) is 0 Å². The second kappa shape index (κ2) is 4.95. The SMILES string of the molecule is CCC1(C(=O)O)CCCN1C(=O)c1cc(=O)[nH]c(=O)[nH]1. The minimum absolute atomic E-state index is 0.195. The molecule has 0 spiro atoms. The topological polar surface area (TPSA) is 123 Å². The number of aliphatic carboxylic acids is 1. The number of rotatable bonds is 3. The van der Waals surface area contributed by atoms with Crippen LogP contribution in [0.1, 0.15) is 36.7 Å². The minimum atomic E-state index is -1.27. The van der Waals surface area contributed by atoms with Gasteiger partial charge in [-0.05, 0) is 19.3 Å². The van der Waals surface area contributed by atoms with Crippen molar-refractivity contribution in [1.82, 2.24) is 14.9 Å². The second-order valence-corrected chi connectivity index (χ2v) is 4.75. The molecule has 108 valence electrons. The van der Waals surface area contributed by atoms with Gasteiger partial charge in [-0.2, -0.15) is 0 Å². The maximum absolute atomic E-state index is 12.4. The third kappa shape index (κ3) is 2.13. The van der Waals surface area contributed by atoms with Gasteiger partial charge >= 0.3 is 11.7 Å². The first-order valence-corrected chi connectivity index (χ1v) is 6.30. The zero-order valence-corrected chi connectivity index (χ0v) is 10.9. The van der Waals surface area contributed by atoms with Crippen LogP contribution in [0, 0.1) is 0 Å². The highest BCUT2D eigenvalue weighted by molar-refractivity contribution is 5.96. The first kappa shape index (κ1) is 14.0. The van der Waals surface area contributed by atoms with Gasteiger partial charge < -0.3 is 15.0 Å². The summed E-state index contributed by atoms with van der Waals surface area (Å²) in [6, 6.07) is 0.963. The molecular weight excluding hydrogens is 266 g/mol. The van der Waals surface area contributed by atoms with Crippen LogP contribution in [0.25, 0.3) is 0 Å². The number of carbonyl (C=O) groups is 2. The van der Waals surface area contributed by atoms with Crippen molar-refractivity contribution in [2.75, 3.05) is 6.54 Å². The number of amides is 1. The lowest BCUT2D eigenvalue weighted by molar-refractivity contribution is -0.148. The zero-order chi connectivity index (χ0) is 14.9. The van der Waals surface area contributed by atoms with E-state index < -0.39 is 28.7 Å². The minimum Gasteiger partial charge on any atom is -0.479 e. The number of carboxylic acids is 1. The van der Waals surface area contributed by atoms with Gasteiger partial charge in [0.2, 0.25) is 0 Å². The van der Waals surface area contributed by atoms with Crippen molar-refractivity contribution in [3.05, 3.63) is 32.6 Å². The molecule has 8 nitrogen and oxygen atoms in total. The second-order valence-electron chi connectivity index (χ2n) is 4.75. The summed E-state index contributed by atoms with van der Waals surface area (Å²) in [5.41, 5.74) is -2.96. The van der Waals surface area contributed by atoms with Gasteiger partial charge in [-0.1, -0.05) is 6.92 Å². The number of likely N-dealkylation sites (tertiary alicyclic amines) is 1. The lowest BCUT2D eigenvalue weighted by Crippen LogP contribution is -2.53. The summed E-state index contributed by atoms with van der Waals surface area (Å²) in [7, 11) is 0. The molecule has 1 aromatic rings. The number of hydrogen-bond acceptors (Lipinski definition) is 4. The van der Waals surface area contributed by atoms with E-state index in [0.717, 1.165) is 6.07 Å². The fourth-order valence-electron chi connectivity index (χ4n) is 2.65. The van der Waals surface area contributed by atoms with E-state index in [9.17, 15) is 24.3 Å². The number of aromatic nitrogens is 2. The van der Waals surface area contributed by atoms with Crippen molar-refractivity contribution in [1.29, 1.82) is 0 Å². The molecule has 1 fully saturated rings. The summed E-state index contributed by atoms with van der Waals surface area (Å²) in [5.74, 6) is -1.71. The largest absolute Gasteiger partial charge is 0.479 e. The van der Waals surface area contributed by atoms with Crippen molar-refractivity contribution in [2.45, 2.75) is 31.7 Å². The van der Waals surface area contributed by atoms with Crippen molar-refractivity contribution in [3.63, 3.8) is 0 Å². The lowest BCUT2D eigenvalue weighted by Gasteiger charge is -2.33. The molecule has 2 heterocycles. The molecule has 0 aromatic carbocycles. The van der Waals surface area contributed by atoms with Crippen LogP contribution in [0.15, 0.2) is 15.7 Å². The molecule has 0 bridgehead atoms. The van der Waals surface area contributed by atoms with E-state index in [1.54, 1.807) is 6.92 Å². The molecular formula is C12H15N3O5. The van der Waals surface area contributed by atoms with Crippen LogP contribution in [0.5, 0.6) is 0 Å². The Morgan fingerprint density at radius 1 is 1.40 bits per heavy atom. The van der Waals surface area contributed by atoms with Crippen molar-refractivity contribution in [2.24, 2.45) is 0 Å². The molecule has 1 aliphatic heterocycles. The zero-order valence-electron chi connectivity index (χ0n) is 10.9. The van der Waals surface area contributed by atoms with Gasteiger partial charge in [-0.15, -0.1) is 0 Å². The highest BCUT2D eigenvalue weighted by atomic mass is 16.4. The first-order valence-electron chi connectivity index (χ1n) is 6.30. The molecule has 2 rings (SSSR count). The Balaban J connectivity index is 2.44. The summed E-state index contributed by atoms with van der Waals surface area (Å²) < 4.78 is 0. The van der Waals surface area contributed by atoms with Crippen LogP contribution in [0.2, 0.25) is 0 Å². The molecule has 3 N–H and O–H groups in total. The summed E-state index contributed by atoms with van der Waals surface area (Å²) in [6.07, 6.45) is 1.19. The number of hydrogen-bond donors (Lipinski definition) is 3. The van der Waals surface area contributed by atoms with Crippen LogP contribution in [-0.4, -0.2) is 43.9 Å². The van der Waals surface area contributed by atoms with Crippen LogP contribution in [0.4, 0.5) is 0 Å². The van der Waals surface area contributed by atoms with Gasteiger partial charge in [0.25, 0.3) is 11.5 Å². The molecule has 1 saturated heterocycles. The summed E-state index contributed by atoms with van der Waals surface area (Å²) in [4.78, 5) is 51.7. The molecule has 0 aliphatic carbocycles. The number of aromatic amines is 2. The predicted octanol–water partition coefficient (Wildman–Crippen LogP) is -0.467. The fraction of sp³-hybridized carbons (Fsp3) is 0.500. The van der Waals surface area contributed by atoms with Gasteiger partial charge in [-0.25, -0.2) is 9.59 Å². The molecule has 8 heteroatoms. The monoisotopic (exact) mass is 281 g/mol. The molecule has 20 heavy (non-hydrogen) atoms. The fourth-order valence-corrected chi connectivity index (χ4v) is 2.65. The van der Waals surface area contributed by atoms with Gasteiger partial charge in [0.1, 0.15) is 11.2 Å². The standard InChI is InChI=1S/C12H15N3O5/c1-2-12(10(18)19)4-3-5-15(12)9(17)7-6-8(16)14-11(20)13-7/h6H,2-5H2,1H3,(H,18,19)(H2,13,14,16,20). The maximum atomic E-state index is 12.4. The van der Waals surface area contributed by atoms with E-state index in [4.69, 9.17) is 0 Å². The third-order valence-electron chi connectivity index (χ3n) is 3.71. The van der Waals surface area contributed by atoms with Crippen LogP contribution in [-0.2, 0) is 4.79 Å². The molecule has 1 atom stereocenters. The van der Waals surface area contributed by atoms with Crippen molar-refractivity contribution >= 4 is 11.9 Å². The molecule has 1 amide bonds. The third-order valence-corrected chi connectivity index (χ3v) is 3.71. The Kier molecular flexibility index (Phi) is 3.47. The quantitative estimate of drug-likeness (QED) is 0.691. The Labute approximate surface area is 113 Å². The Morgan fingerprint density at radius 3 is 2.65 bits per heavy atom. The summed E-state index contributed by atoms with van der Waals surface area (Å²) >= 11 is 0. The molecule has 1 unspecified atom stereocenters. The number of nitrogens with one attached hydrogen (secondary N) is 2. The molecule has 0 saturated carbocycles. The normalized spacial score (nSPS) is 21.9. The predicted molar refractivity (Wildman–Crippen MR) is 68.6 cm³/mol. The Bertz CT molecular complexity index is 633. The Hall–Kier alpha value is -2.38. The molecule has 0 radical (unpaired) electrons. The summed E-state index contributed by atoms with van der Waals surface area (Å²) in [6.45, 7) is 1.98. The lowest BCUT2D eigenvalue weighted by atomic mass is 9.93. The maximum Gasteiger partial charge on any atom is 0.329 e. The van der Waals surface area contributed by atoms with E-state index in [1.807, 2.05) is 4.98 Å². The summed E-state index contributed by atoms with van der Waals surface area (Å²) in [5, 5.41) is 9.41. The van der Waals surface area contributed by atoms with Crippen LogP contribution in [0.3, 0.4) is 0 Å². The van der Waals surface area contributed by atoms with Gasteiger partial charge in [0, 0.05) is 12.6 Å². The van der Waals surface area contributed by atoms with Crippen LogP contribution < -0.4 is 11.2 Å². The van der Waals surface area contributed by atoms with E-state index in [0.29, 0.717) is 12.8 Å². The first-order chi connectivity index (χ1) is 9.40. The molecule has 1 aliphatic rings. The number of nitrogens with zero attached hydrogens (tertiary/aromatic N) is 1. The van der Waals surface area contributed by atoms with Gasteiger partial charge in [0.15, 0.2) is 0 Å². The van der Waals surface area contributed by atoms with Crippen molar-refractivity contribution < 1.29 is 14.7 Å². The molecule has 1 aromatic heterocycles. The van der Waals surface area contributed by atoms with E-state index in [2.05, 4.69) is 4.98 Å². The van der Waals surface area contributed by atoms with E-state index in [1.165, 1.54) is 4.90 Å².